The van der Waals surface area contributed by atoms with E-state index in [4.69, 9.17) is 4.74 Å². The molecule has 0 N–H and O–H groups in total. The van der Waals surface area contributed by atoms with Crippen LogP contribution in [0.2, 0.25) is 0 Å². The van der Waals surface area contributed by atoms with Crippen LogP contribution in [0.5, 0.6) is 5.75 Å². The molecule has 0 unspecified atom stereocenters. The SMILES string of the molecule is CCOc1ccc(C=Nc2ccc(CCC(C)C)cc2)cc1. The lowest BCUT2D eigenvalue weighted by atomic mass is 10.0. The van der Waals surface area contributed by atoms with Crippen LogP contribution in [0.4, 0.5) is 5.69 Å². The van der Waals surface area contributed by atoms with Crippen LogP contribution in [0.15, 0.2) is 53.5 Å². The zero-order valence-electron chi connectivity index (χ0n) is 13.8. The number of nitrogens with zero attached hydrogens (tertiary/aromatic N) is 1. The molecule has 2 rings (SSSR count). The van der Waals surface area contributed by atoms with Gasteiger partial charge in [-0.2, -0.15) is 0 Å². The fourth-order valence-corrected chi connectivity index (χ4v) is 2.17. The minimum atomic E-state index is 0.691. The Morgan fingerprint density at radius 3 is 2.27 bits per heavy atom. The third-order valence-electron chi connectivity index (χ3n) is 3.50. The first kappa shape index (κ1) is 16.3. The number of aryl methyl sites for hydroxylation is 1. The van der Waals surface area contributed by atoms with Crippen LogP contribution in [0.25, 0.3) is 0 Å². The molecule has 0 saturated carbocycles. The van der Waals surface area contributed by atoms with E-state index in [0.717, 1.165) is 29.3 Å². The van der Waals surface area contributed by atoms with Crippen molar-refractivity contribution in [3.05, 3.63) is 59.7 Å². The number of ether oxygens (including phenoxy) is 1. The normalized spacial score (nSPS) is 11.3. The zero-order valence-corrected chi connectivity index (χ0v) is 13.8. The zero-order chi connectivity index (χ0) is 15.8. The summed E-state index contributed by atoms with van der Waals surface area (Å²) in [7, 11) is 0. The van der Waals surface area contributed by atoms with Crippen molar-refractivity contribution in [1.29, 1.82) is 0 Å². The molecule has 0 heterocycles. The van der Waals surface area contributed by atoms with Gasteiger partial charge in [-0.3, -0.25) is 4.99 Å². The van der Waals surface area contributed by atoms with Gasteiger partial charge in [0.25, 0.3) is 0 Å². The fraction of sp³-hybridized carbons (Fsp3) is 0.350. The molecule has 0 bridgehead atoms. The molecule has 2 aromatic carbocycles. The van der Waals surface area contributed by atoms with Crippen LogP contribution in [0, 0.1) is 5.92 Å². The molecular formula is C20H25NO. The van der Waals surface area contributed by atoms with Crippen LogP contribution in [-0.4, -0.2) is 12.8 Å². The maximum atomic E-state index is 5.43. The first-order chi connectivity index (χ1) is 10.7. The van der Waals surface area contributed by atoms with Crippen LogP contribution < -0.4 is 4.74 Å². The highest BCUT2D eigenvalue weighted by Crippen LogP contribution is 2.16. The minimum absolute atomic E-state index is 0.691. The summed E-state index contributed by atoms with van der Waals surface area (Å²) in [5.74, 6) is 1.64. The molecule has 0 aliphatic heterocycles. The first-order valence-electron chi connectivity index (χ1n) is 8.03. The molecule has 0 radical (unpaired) electrons. The summed E-state index contributed by atoms with van der Waals surface area (Å²) in [6.07, 6.45) is 4.26. The van der Waals surface area contributed by atoms with Crippen LogP contribution in [-0.2, 0) is 6.42 Å². The average Bonchev–Trinajstić information content (AvgIpc) is 2.53. The second-order valence-corrected chi connectivity index (χ2v) is 5.86. The van der Waals surface area contributed by atoms with Crippen molar-refractivity contribution < 1.29 is 4.74 Å². The van der Waals surface area contributed by atoms with E-state index >= 15 is 0 Å². The van der Waals surface area contributed by atoms with E-state index in [1.54, 1.807) is 0 Å². The molecular weight excluding hydrogens is 270 g/mol. The van der Waals surface area contributed by atoms with E-state index in [0.29, 0.717) is 6.61 Å². The summed E-state index contributed by atoms with van der Waals surface area (Å²) in [5, 5.41) is 0. The van der Waals surface area contributed by atoms with E-state index in [9.17, 15) is 0 Å². The Hall–Kier alpha value is -2.09. The van der Waals surface area contributed by atoms with Crippen molar-refractivity contribution in [2.24, 2.45) is 10.9 Å². The topological polar surface area (TPSA) is 21.6 Å². The van der Waals surface area contributed by atoms with Gasteiger partial charge in [0, 0.05) is 6.21 Å². The van der Waals surface area contributed by atoms with Gasteiger partial charge in [0.15, 0.2) is 0 Å². The highest BCUT2D eigenvalue weighted by atomic mass is 16.5. The van der Waals surface area contributed by atoms with E-state index < -0.39 is 0 Å². The number of aliphatic imine (C=N–C) groups is 1. The summed E-state index contributed by atoms with van der Waals surface area (Å²) >= 11 is 0. The number of hydrogen-bond acceptors (Lipinski definition) is 2. The summed E-state index contributed by atoms with van der Waals surface area (Å²) in [6.45, 7) is 7.20. The van der Waals surface area contributed by atoms with Crippen LogP contribution in [0.3, 0.4) is 0 Å². The van der Waals surface area contributed by atoms with Crippen LogP contribution >= 0.6 is 0 Å². The van der Waals surface area contributed by atoms with Crippen molar-refractivity contribution in [1.82, 2.24) is 0 Å². The number of hydrogen-bond donors (Lipinski definition) is 0. The number of rotatable bonds is 7. The van der Waals surface area contributed by atoms with Crippen molar-refractivity contribution in [3.63, 3.8) is 0 Å². The standard InChI is InChI=1S/C20H25NO/c1-4-22-20-13-9-18(10-14-20)15-21-19-11-7-17(8-12-19)6-5-16(2)3/h7-16H,4-6H2,1-3H3. The highest BCUT2D eigenvalue weighted by molar-refractivity contribution is 5.82. The predicted octanol–water partition coefficient (Wildman–Crippen LogP) is 5.42. The molecule has 22 heavy (non-hydrogen) atoms. The van der Waals surface area contributed by atoms with E-state index in [1.165, 1.54) is 12.0 Å². The molecule has 0 atom stereocenters. The predicted molar refractivity (Wildman–Crippen MR) is 94.5 cm³/mol. The summed E-state index contributed by atoms with van der Waals surface area (Å²) in [6, 6.07) is 16.5. The molecule has 2 heteroatoms. The molecule has 2 nitrogen and oxygen atoms in total. The Morgan fingerprint density at radius 2 is 1.68 bits per heavy atom. The molecule has 0 saturated heterocycles. The lowest BCUT2D eigenvalue weighted by Gasteiger charge is -2.04. The van der Waals surface area contributed by atoms with Gasteiger partial charge < -0.3 is 4.74 Å². The largest absolute Gasteiger partial charge is 0.494 e. The lowest BCUT2D eigenvalue weighted by Crippen LogP contribution is -1.91. The Morgan fingerprint density at radius 1 is 1.00 bits per heavy atom. The lowest BCUT2D eigenvalue weighted by molar-refractivity contribution is 0.340. The van der Waals surface area contributed by atoms with Gasteiger partial charge in [0.05, 0.1) is 12.3 Å². The monoisotopic (exact) mass is 295 g/mol. The Bertz CT molecular complexity index is 582. The Balaban J connectivity index is 1.94. The molecule has 0 fully saturated rings. The van der Waals surface area contributed by atoms with Gasteiger partial charge in [-0.1, -0.05) is 26.0 Å². The third-order valence-corrected chi connectivity index (χ3v) is 3.50. The van der Waals surface area contributed by atoms with Gasteiger partial charge in [-0.15, -0.1) is 0 Å². The van der Waals surface area contributed by atoms with Crippen molar-refractivity contribution >= 4 is 11.9 Å². The van der Waals surface area contributed by atoms with Crippen molar-refractivity contribution in [2.75, 3.05) is 6.61 Å². The van der Waals surface area contributed by atoms with E-state index in [-0.39, 0.29) is 0 Å². The van der Waals surface area contributed by atoms with Crippen molar-refractivity contribution in [3.8, 4) is 5.75 Å². The molecule has 0 aliphatic rings. The third kappa shape index (κ3) is 5.36. The Labute approximate surface area is 133 Å². The molecule has 116 valence electrons. The Kier molecular flexibility index (Phi) is 6.20. The summed E-state index contributed by atoms with van der Waals surface area (Å²) in [4.78, 5) is 4.52. The minimum Gasteiger partial charge on any atom is -0.494 e. The van der Waals surface area contributed by atoms with Gasteiger partial charge >= 0.3 is 0 Å². The molecule has 0 aromatic heterocycles. The maximum Gasteiger partial charge on any atom is 0.119 e. The second kappa shape index (κ2) is 8.38. The maximum absolute atomic E-state index is 5.43. The summed E-state index contributed by atoms with van der Waals surface area (Å²) < 4.78 is 5.43. The van der Waals surface area contributed by atoms with Gasteiger partial charge in [0.2, 0.25) is 0 Å². The fourth-order valence-electron chi connectivity index (χ4n) is 2.17. The van der Waals surface area contributed by atoms with E-state index in [2.05, 4.69) is 43.1 Å². The summed E-state index contributed by atoms with van der Waals surface area (Å²) in [5.41, 5.74) is 3.45. The van der Waals surface area contributed by atoms with Gasteiger partial charge in [0.1, 0.15) is 5.75 Å². The van der Waals surface area contributed by atoms with Gasteiger partial charge in [-0.25, -0.2) is 0 Å². The molecule has 2 aromatic rings. The van der Waals surface area contributed by atoms with Gasteiger partial charge in [-0.05, 0) is 73.2 Å². The van der Waals surface area contributed by atoms with Crippen molar-refractivity contribution in [2.45, 2.75) is 33.6 Å². The van der Waals surface area contributed by atoms with Crippen LogP contribution in [0.1, 0.15) is 38.3 Å². The molecule has 0 aliphatic carbocycles. The average molecular weight is 295 g/mol. The highest BCUT2D eigenvalue weighted by Gasteiger charge is 1.97. The second-order valence-electron chi connectivity index (χ2n) is 5.86. The smallest absolute Gasteiger partial charge is 0.119 e. The quantitative estimate of drug-likeness (QED) is 0.625. The van der Waals surface area contributed by atoms with E-state index in [1.807, 2.05) is 37.4 Å². The molecule has 0 spiro atoms. The first-order valence-corrected chi connectivity index (χ1v) is 8.03. The number of benzene rings is 2. The molecule has 0 amide bonds.